The van der Waals surface area contributed by atoms with Crippen molar-refractivity contribution in [2.75, 3.05) is 6.61 Å². The lowest BCUT2D eigenvalue weighted by molar-refractivity contribution is -0.148. The second kappa shape index (κ2) is 7.61. The SMILES string of the molecule is CC1(C)C(COC(=O)OC2C=C[C@@]3(C)C(=C2)CC[C@@H]2[C@@H]3CC[C@]3(C)C(C(=O)O)CC[C@@H]23)C1(C)C. The quantitative estimate of drug-likeness (QED) is 0.369. The van der Waals surface area contributed by atoms with Crippen molar-refractivity contribution in [3.8, 4) is 0 Å². The molecule has 5 aliphatic carbocycles. The summed E-state index contributed by atoms with van der Waals surface area (Å²) in [7, 11) is 0. The molecule has 5 aliphatic rings. The molecule has 2 unspecified atom stereocenters. The summed E-state index contributed by atoms with van der Waals surface area (Å²) < 4.78 is 11.2. The van der Waals surface area contributed by atoms with Crippen molar-refractivity contribution in [3.63, 3.8) is 0 Å². The number of carbonyl (C=O) groups is 2. The molecule has 5 nitrogen and oxygen atoms in total. The number of hydrogen-bond acceptors (Lipinski definition) is 4. The van der Waals surface area contributed by atoms with Crippen LogP contribution in [0.15, 0.2) is 23.8 Å². The lowest BCUT2D eigenvalue weighted by Crippen LogP contribution is -2.50. The molecular formula is C29H42O5. The van der Waals surface area contributed by atoms with Gasteiger partial charge < -0.3 is 14.6 Å². The molecule has 5 rings (SSSR count). The number of hydrogen-bond donors (Lipinski definition) is 1. The van der Waals surface area contributed by atoms with Gasteiger partial charge in [0.25, 0.3) is 0 Å². The van der Waals surface area contributed by atoms with E-state index < -0.39 is 12.1 Å². The number of aliphatic carboxylic acids is 1. The Bertz CT molecular complexity index is 930. The van der Waals surface area contributed by atoms with Crippen LogP contribution in [-0.2, 0) is 14.3 Å². The Labute approximate surface area is 204 Å². The van der Waals surface area contributed by atoms with Gasteiger partial charge in [-0.3, -0.25) is 4.79 Å². The van der Waals surface area contributed by atoms with Crippen LogP contribution in [0.3, 0.4) is 0 Å². The van der Waals surface area contributed by atoms with Crippen LogP contribution in [0.2, 0.25) is 0 Å². The summed E-state index contributed by atoms with van der Waals surface area (Å²) in [6, 6.07) is 0. The molecule has 0 spiro atoms. The molecule has 4 saturated carbocycles. The van der Waals surface area contributed by atoms with E-state index in [9.17, 15) is 14.7 Å². The fraction of sp³-hybridized carbons (Fsp3) is 0.793. The molecular weight excluding hydrogens is 428 g/mol. The van der Waals surface area contributed by atoms with E-state index in [0.29, 0.717) is 30.3 Å². The summed E-state index contributed by atoms with van der Waals surface area (Å²) in [5.41, 5.74) is 1.64. The molecule has 0 radical (unpaired) electrons. The maximum Gasteiger partial charge on any atom is 0.509 e. The van der Waals surface area contributed by atoms with E-state index in [-0.39, 0.29) is 33.7 Å². The standard InChI is InChI=1S/C29H42O5/c1-26(2)23(27(26,3)4)16-33-25(32)34-18-11-13-28(5)17(15-18)7-8-19-20-9-10-22(24(30)31)29(20,6)14-12-21(19)28/h11,13,15,18-23H,7-10,12,14,16H2,1-6H3,(H,30,31)/t18?,19-,20-,21-,22?,28-,29-/m0/s1. The predicted octanol–water partition coefficient (Wildman–Crippen LogP) is 6.63. The van der Waals surface area contributed by atoms with Crippen molar-refractivity contribution in [2.45, 2.75) is 86.2 Å². The fourth-order valence-corrected chi connectivity index (χ4v) is 8.83. The van der Waals surface area contributed by atoms with Gasteiger partial charge in [0.1, 0.15) is 6.10 Å². The summed E-state index contributed by atoms with van der Waals surface area (Å²) in [6.45, 7) is 13.9. The van der Waals surface area contributed by atoms with E-state index in [2.05, 4.69) is 53.7 Å². The van der Waals surface area contributed by atoms with Gasteiger partial charge >= 0.3 is 12.1 Å². The first kappa shape index (κ1) is 23.9. The maximum atomic E-state index is 12.4. The van der Waals surface area contributed by atoms with Crippen molar-refractivity contribution in [3.05, 3.63) is 23.8 Å². The van der Waals surface area contributed by atoms with E-state index in [1.54, 1.807) is 0 Å². The molecule has 0 aromatic heterocycles. The topological polar surface area (TPSA) is 72.8 Å². The van der Waals surface area contributed by atoms with Crippen LogP contribution in [0.5, 0.6) is 0 Å². The summed E-state index contributed by atoms with van der Waals surface area (Å²) in [6.07, 6.45) is 11.5. The Morgan fingerprint density at radius 1 is 1.00 bits per heavy atom. The number of rotatable bonds is 4. The number of allylic oxidation sites excluding steroid dienone is 2. The molecule has 0 aliphatic heterocycles. The fourth-order valence-electron chi connectivity index (χ4n) is 8.83. The minimum Gasteiger partial charge on any atom is -0.481 e. The first-order chi connectivity index (χ1) is 15.8. The van der Waals surface area contributed by atoms with E-state index in [1.165, 1.54) is 5.57 Å². The highest BCUT2D eigenvalue weighted by Gasteiger charge is 2.65. The first-order valence-electron chi connectivity index (χ1n) is 13.3. The van der Waals surface area contributed by atoms with Crippen LogP contribution in [0, 0.1) is 51.2 Å². The molecule has 0 saturated heterocycles. The second-order valence-electron chi connectivity index (χ2n) is 13.4. The third kappa shape index (κ3) is 3.32. The molecule has 5 heteroatoms. The second-order valence-corrected chi connectivity index (χ2v) is 13.4. The Morgan fingerprint density at radius 3 is 2.35 bits per heavy atom. The predicted molar refractivity (Wildman–Crippen MR) is 130 cm³/mol. The van der Waals surface area contributed by atoms with Crippen LogP contribution in [0.4, 0.5) is 4.79 Å². The highest BCUT2D eigenvalue weighted by Crippen LogP contribution is 2.68. The molecule has 34 heavy (non-hydrogen) atoms. The smallest absolute Gasteiger partial charge is 0.481 e. The minimum atomic E-state index is -0.607. The van der Waals surface area contributed by atoms with Crippen LogP contribution in [0.1, 0.15) is 80.1 Å². The molecule has 188 valence electrons. The maximum absolute atomic E-state index is 12.4. The van der Waals surface area contributed by atoms with Gasteiger partial charge in [-0.05, 0) is 84.7 Å². The average molecular weight is 471 g/mol. The lowest BCUT2D eigenvalue weighted by atomic mass is 9.48. The summed E-state index contributed by atoms with van der Waals surface area (Å²) in [5.74, 6) is 1.16. The van der Waals surface area contributed by atoms with Crippen molar-refractivity contribution >= 4 is 12.1 Å². The summed E-state index contributed by atoms with van der Waals surface area (Å²) in [4.78, 5) is 24.3. The zero-order valence-electron chi connectivity index (χ0n) is 21.7. The summed E-state index contributed by atoms with van der Waals surface area (Å²) in [5, 5.41) is 9.80. The van der Waals surface area contributed by atoms with Crippen LogP contribution in [0.25, 0.3) is 0 Å². The number of carbonyl (C=O) groups excluding carboxylic acids is 1. The average Bonchev–Trinajstić information content (AvgIpc) is 3.00. The molecule has 4 fully saturated rings. The molecule has 7 atom stereocenters. The number of carboxylic acid groups (broad SMARTS) is 1. The molecule has 0 aromatic carbocycles. The molecule has 0 aromatic rings. The first-order valence-corrected chi connectivity index (χ1v) is 13.3. The largest absolute Gasteiger partial charge is 0.509 e. The number of fused-ring (bicyclic) bond motifs is 5. The lowest BCUT2D eigenvalue weighted by Gasteiger charge is -2.57. The summed E-state index contributed by atoms with van der Waals surface area (Å²) >= 11 is 0. The highest BCUT2D eigenvalue weighted by atomic mass is 16.7. The van der Waals surface area contributed by atoms with Gasteiger partial charge in [0.2, 0.25) is 0 Å². The Balaban J connectivity index is 1.23. The van der Waals surface area contributed by atoms with Gasteiger partial charge in [-0.1, -0.05) is 53.2 Å². The Kier molecular flexibility index (Phi) is 5.36. The van der Waals surface area contributed by atoms with E-state index in [0.717, 1.165) is 38.5 Å². The highest BCUT2D eigenvalue weighted by molar-refractivity contribution is 5.71. The van der Waals surface area contributed by atoms with Gasteiger partial charge in [0.05, 0.1) is 12.5 Å². The molecule has 1 N–H and O–H groups in total. The number of ether oxygens (including phenoxy) is 2. The van der Waals surface area contributed by atoms with Crippen LogP contribution < -0.4 is 0 Å². The molecule has 0 amide bonds. The van der Waals surface area contributed by atoms with Crippen molar-refractivity contribution < 1.29 is 24.2 Å². The minimum absolute atomic E-state index is 0.0304. The van der Waals surface area contributed by atoms with Crippen molar-refractivity contribution in [1.29, 1.82) is 0 Å². The van der Waals surface area contributed by atoms with Gasteiger partial charge in [0, 0.05) is 11.3 Å². The van der Waals surface area contributed by atoms with Gasteiger partial charge in [-0.25, -0.2) is 4.79 Å². The van der Waals surface area contributed by atoms with Gasteiger partial charge in [-0.2, -0.15) is 0 Å². The Hall–Kier alpha value is -1.78. The van der Waals surface area contributed by atoms with E-state index >= 15 is 0 Å². The Morgan fingerprint density at radius 2 is 1.71 bits per heavy atom. The monoisotopic (exact) mass is 470 g/mol. The zero-order chi connectivity index (χ0) is 24.7. The van der Waals surface area contributed by atoms with Gasteiger partial charge in [0.15, 0.2) is 0 Å². The zero-order valence-corrected chi connectivity index (χ0v) is 21.7. The molecule has 0 heterocycles. The number of carboxylic acids is 1. The third-order valence-corrected chi connectivity index (χ3v) is 11.9. The van der Waals surface area contributed by atoms with Crippen molar-refractivity contribution in [1.82, 2.24) is 0 Å². The van der Waals surface area contributed by atoms with Crippen LogP contribution >= 0.6 is 0 Å². The normalized spacial score (nSPS) is 43.7. The van der Waals surface area contributed by atoms with E-state index in [4.69, 9.17) is 9.47 Å². The van der Waals surface area contributed by atoms with Crippen molar-refractivity contribution in [2.24, 2.45) is 51.2 Å². The molecule has 0 bridgehead atoms. The van der Waals surface area contributed by atoms with E-state index in [1.807, 2.05) is 6.08 Å². The van der Waals surface area contributed by atoms with Gasteiger partial charge in [-0.15, -0.1) is 0 Å². The third-order valence-electron chi connectivity index (χ3n) is 11.9. The van der Waals surface area contributed by atoms with Crippen LogP contribution in [-0.4, -0.2) is 29.9 Å².